The summed E-state index contributed by atoms with van der Waals surface area (Å²) in [5, 5.41) is 10.7. The van der Waals surface area contributed by atoms with Crippen LogP contribution >= 0.6 is 23.2 Å². The third kappa shape index (κ3) is 4.40. The Kier molecular flexibility index (Phi) is 6.61. The summed E-state index contributed by atoms with van der Waals surface area (Å²) in [5.74, 6) is -1.58. The van der Waals surface area contributed by atoms with Gasteiger partial charge in [-0.1, -0.05) is 71.2 Å². The van der Waals surface area contributed by atoms with Crippen molar-refractivity contribution in [1.29, 1.82) is 0 Å². The van der Waals surface area contributed by atoms with Gasteiger partial charge in [0.15, 0.2) is 0 Å². The number of benzene rings is 3. The molecule has 158 valence electrons. The minimum absolute atomic E-state index is 0.166. The van der Waals surface area contributed by atoms with E-state index in [9.17, 15) is 14.3 Å². The molecule has 3 aromatic rings. The fourth-order valence-corrected chi connectivity index (χ4v) is 4.13. The van der Waals surface area contributed by atoms with E-state index in [0.29, 0.717) is 33.2 Å². The first-order valence-electron chi connectivity index (χ1n) is 9.29. The number of carboxylic acids is 1. The van der Waals surface area contributed by atoms with Crippen LogP contribution in [-0.2, 0) is 19.8 Å². The van der Waals surface area contributed by atoms with Crippen LogP contribution in [0.3, 0.4) is 0 Å². The molecule has 0 spiro atoms. The van der Waals surface area contributed by atoms with Gasteiger partial charge in [-0.25, -0.2) is 4.39 Å². The summed E-state index contributed by atoms with van der Waals surface area (Å²) in [7, 11) is 0. The molecule has 0 unspecified atom stereocenters. The third-order valence-corrected chi connectivity index (χ3v) is 6.28. The van der Waals surface area contributed by atoms with E-state index in [0.717, 1.165) is 11.1 Å². The molecule has 1 aliphatic carbocycles. The molecule has 7 heteroatoms. The highest BCUT2D eigenvalue weighted by atomic mass is 35.5. The van der Waals surface area contributed by atoms with Crippen LogP contribution in [0, 0.1) is 12.7 Å². The SMILES string of the molecule is Cc1ccc([C@H]2C[C@]2(C(=O)O)c2ccc(-c3ccc(Cl)c(Cl)c3)c(F)c2)cc1.O=C=O. The maximum atomic E-state index is 14.9. The quantitative estimate of drug-likeness (QED) is 0.517. The Morgan fingerprint density at radius 3 is 2.23 bits per heavy atom. The van der Waals surface area contributed by atoms with Crippen molar-refractivity contribution in [3.63, 3.8) is 0 Å². The molecule has 0 bridgehead atoms. The average molecular weight is 459 g/mol. The zero-order valence-electron chi connectivity index (χ0n) is 16.4. The number of hydrogen-bond acceptors (Lipinski definition) is 3. The fraction of sp³-hybridized carbons (Fsp3) is 0.167. The van der Waals surface area contributed by atoms with Crippen LogP contribution in [0.15, 0.2) is 60.7 Å². The summed E-state index contributed by atoms with van der Waals surface area (Å²) in [4.78, 5) is 28.4. The van der Waals surface area contributed by atoms with Gasteiger partial charge in [0.1, 0.15) is 11.2 Å². The molecule has 0 aliphatic heterocycles. The molecule has 0 amide bonds. The van der Waals surface area contributed by atoms with Crippen molar-refractivity contribution in [3.05, 3.63) is 93.2 Å². The zero-order chi connectivity index (χ0) is 22.8. The molecular formula is C24H17Cl2FO4. The summed E-state index contributed by atoms with van der Waals surface area (Å²) in [6, 6.07) is 17.4. The molecule has 3 aromatic carbocycles. The first-order chi connectivity index (χ1) is 14.7. The van der Waals surface area contributed by atoms with Crippen LogP contribution in [0.1, 0.15) is 29.0 Å². The van der Waals surface area contributed by atoms with Gasteiger partial charge in [-0.15, -0.1) is 0 Å². The first kappa shape index (κ1) is 22.7. The fourth-order valence-electron chi connectivity index (χ4n) is 3.83. The van der Waals surface area contributed by atoms with Gasteiger partial charge in [0, 0.05) is 11.5 Å². The number of aliphatic carboxylic acids is 1. The van der Waals surface area contributed by atoms with Crippen molar-refractivity contribution in [2.45, 2.75) is 24.7 Å². The van der Waals surface area contributed by atoms with E-state index in [4.69, 9.17) is 32.8 Å². The lowest BCUT2D eigenvalue weighted by atomic mass is 9.89. The van der Waals surface area contributed by atoms with Crippen molar-refractivity contribution >= 4 is 35.3 Å². The van der Waals surface area contributed by atoms with Gasteiger partial charge in [0.2, 0.25) is 0 Å². The number of rotatable bonds is 4. The predicted octanol–water partition coefficient (Wildman–Crippen LogP) is 6.03. The van der Waals surface area contributed by atoms with Crippen molar-refractivity contribution in [2.24, 2.45) is 0 Å². The topological polar surface area (TPSA) is 71.4 Å². The van der Waals surface area contributed by atoms with Gasteiger partial charge in [-0.2, -0.15) is 9.59 Å². The number of halogens is 3. The van der Waals surface area contributed by atoms with Gasteiger partial charge in [0.05, 0.1) is 10.0 Å². The minimum Gasteiger partial charge on any atom is -0.481 e. The smallest absolute Gasteiger partial charge is 0.373 e. The molecule has 4 rings (SSSR count). The molecular weight excluding hydrogens is 442 g/mol. The van der Waals surface area contributed by atoms with Crippen LogP contribution < -0.4 is 0 Å². The van der Waals surface area contributed by atoms with Crippen molar-refractivity contribution < 1.29 is 23.9 Å². The number of carbonyl (C=O) groups excluding carboxylic acids is 2. The highest BCUT2D eigenvalue weighted by molar-refractivity contribution is 6.42. The van der Waals surface area contributed by atoms with E-state index >= 15 is 0 Å². The number of aryl methyl sites for hydroxylation is 1. The van der Waals surface area contributed by atoms with Gasteiger partial charge in [0.25, 0.3) is 0 Å². The minimum atomic E-state index is -1.09. The molecule has 1 saturated carbocycles. The van der Waals surface area contributed by atoms with E-state index in [1.54, 1.807) is 30.3 Å². The standard InChI is InChI=1S/C23H17Cl2FO2.CO2/c1-13-2-4-14(5-3-13)18-12-23(18,22(27)28)16-7-8-17(21(26)11-16)15-6-9-19(24)20(25)10-15;2-1-3/h2-11,18H,12H2,1H3,(H,27,28);/t18-,23+;/m1./s1. The largest absolute Gasteiger partial charge is 0.481 e. The van der Waals surface area contributed by atoms with Gasteiger partial charge >= 0.3 is 12.1 Å². The Balaban J connectivity index is 0.000000858. The molecule has 1 N–H and O–H groups in total. The highest BCUT2D eigenvalue weighted by Gasteiger charge is 2.62. The van der Waals surface area contributed by atoms with E-state index in [-0.39, 0.29) is 12.1 Å². The van der Waals surface area contributed by atoms with Crippen molar-refractivity contribution in [3.8, 4) is 11.1 Å². The predicted molar refractivity (Wildman–Crippen MR) is 115 cm³/mol. The summed E-state index contributed by atoms with van der Waals surface area (Å²) in [6.07, 6.45) is 0.705. The second-order valence-corrected chi connectivity index (χ2v) is 8.17. The zero-order valence-corrected chi connectivity index (χ0v) is 17.9. The van der Waals surface area contributed by atoms with E-state index in [2.05, 4.69) is 0 Å². The monoisotopic (exact) mass is 458 g/mol. The van der Waals surface area contributed by atoms with Crippen LogP contribution in [0.4, 0.5) is 4.39 Å². The number of carboxylic acid groups (broad SMARTS) is 1. The van der Waals surface area contributed by atoms with Crippen LogP contribution in [0.2, 0.25) is 10.0 Å². The van der Waals surface area contributed by atoms with Gasteiger partial charge in [-0.3, -0.25) is 4.79 Å². The molecule has 4 nitrogen and oxygen atoms in total. The molecule has 0 saturated heterocycles. The van der Waals surface area contributed by atoms with Crippen LogP contribution in [0.5, 0.6) is 0 Å². The summed E-state index contributed by atoms with van der Waals surface area (Å²) < 4.78 is 14.9. The molecule has 1 fully saturated rings. The van der Waals surface area contributed by atoms with Crippen LogP contribution in [-0.4, -0.2) is 17.2 Å². The maximum Gasteiger partial charge on any atom is 0.373 e. The molecule has 1 aliphatic rings. The highest BCUT2D eigenvalue weighted by Crippen LogP contribution is 2.61. The van der Waals surface area contributed by atoms with Gasteiger partial charge < -0.3 is 5.11 Å². The lowest BCUT2D eigenvalue weighted by Crippen LogP contribution is -2.22. The Morgan fingerprint density at radius 1 is 1.03 bits per heavy atom. The lowest BCUT2D eigenvalue weighted by molar-refractivity contribution is -0.191. The normalized spacial score (nSPS) is 19.0. The third-order valence-electron chi connectivity index (χ3n) is 5.54. The van der Waals surface area contributed by atoms with E-state index in [1.165, 1.54) is 6.07 Å². The Labute approximate surface area is 188 Å². The molecule has 0 heterocycles. The summed E-state index contributed by atoms with van der Waals surface area (Å²) in [5.41, 5.74) is 2.41. The average Bonchev–Trinajstić information content (AvgIpc) is 3.48. The maximum absolute atomic E-state index is 14.9. The Hall–Kier alpha value is -2.98. The molecule has 0 radical (unpaired) electrons. The Morgan fingerprint density at radius 2 is 1.68 bits per heavy atom. The first-order valence-corrected chi connectivity index (χ1v) is 10.0. The van der Waals surface area contributed by atoms with E-state index in [1.807, 2.05) is 31.2 Å². The summed E-state index contributed by atoms with van der Waals surface area (Å²) in [6.45, 7) is 1.98. The van der Waals surface area contributed by atoms with Crippen molar-refractivity contribution in [2.75, 3.05) is 0 Å². The summed E-state index contributed by atoms with van der Waals surface area (Å²) >= 11 is 12.0. The van der Waals surface area contributed by atoms with Gasteiger partial charge in [-0.05, 0) is 48.2 Å². The second kappa shape index (κ2) is 9.03. The molecule has 2 atom stereocenters. The van der Waals surface area contributed by atoms with E-state index < -0.39 is 17.2 Å². The number of hydrogen-bond donors (Lipinski definition) is 1. The Bertz CT molecular complexity index is 1170. The number of carbonyl (C=O) groups is 1. The lowest BCUT2D eigenvalue weighted by Gasteiger charge is -2.15. The molecule has 31 heavy (non-hydrogen) atoms. The van der Waals surface area contributed by atoms with Crippen molar-refractivity contribution in [1.82, 2.24) is 0 Å². The van der Waals surface area contributed by atoms with Crippen LogP contribution in [0.25, 0.3) is 11.1 Å². The molecule has 0 aromatic heterocycles. The second-order valence-electron chi connectivity index (χ2n) is 7.35.